The second kappa shape index (κ2) is 8.68. The van der Waals surface area contributed by atoms with Crippen LogP contribution in [0.4, 0.5) is 0 Å². The van der Waals surface area contributed by atoms with E-state index in [1.165, 1.54) is 16.7 Å². The predicted octanol–water partition coefficient (Wildman–Crippen LogP) is 5.45. The van der Waals surface area contributed by atoms with E-state index in [9.17, 15) is 0 Å². The molecule has 132 valence electrons. The molecule has 0 fully saturated rings. The molecule has 0 spiro atoms. The average molecular weight is 374 g/mol. The van der Waals surface area contributed by atoms with E-state index in [1.807, 2.05) is 12.1 Å². The minimum absolute atomic E-state index is 0.790. The van der Waals surface area contributed by atoms with Gasteiger partial charge in [0.25, 0.3) is 0 Å². The number of fused-ring (bicyclic) bond motifs is 1. The second-order valence-electron chi connectivity index (χ2n) is 6.53. The third kappa shape index (κ3) is 4.96. The predicted molar refractivity (Wildman–Crippen MR) is 109 cm³/mol. The van der Waals surface area contributed by atoms with Gasteiger partial charge >= 0.3 is 0 Å². The Kier molecular flexibility index (Phi) is 6.33. The smallest absolute Gasteiger partial charge is 0.119 e. The first kappa shape index (κ1) is 18.2. The van der Waals surface area contributed by atoms with Crippen LogP contribution in [0.3, 0.4) is 0 Å². The maximum Gasteiger partial charge on any atom is 0.119 e. The zero-order chi connectivity index (χ0) is 17.6. The molecule has 0 saturated heterocycles. The maximum atomic E-state index is 5.94. The fourth-order valence-electron chi connectivity index (χ4n) is 3.33. The van der Waals surface area contributed by atoms with Crippen LogP contribution in [0.15, 0.2) is 42.5 Å². The Labute approximate surface area is 160 Å². The topological polar surface area (TPSA) is 12.5 Å². The van der Waals surface area contributed by atoms with Gasteiger partial charge in [0.05, 0.1) is 12.1 Å². The SMILES string of the molecule is COc1ccc2c(c1)CN(C(=S)CCCc1ccc(Cl)cc1)CCC2. The van der Waals surface area contributed by atoms with Gasteiger partial charge in [0, 0.05) is 18.1 Å². The number of hydrogen-bond acceptors (Lipinski definition) is 2. The van der Waals surface area contributed by atoms with Gasteiger partial charge in [-0.3, -0.25) is 0 Å². The van der Waals surface area contributed by atoms with Gasteiger partial charge in [-0.25, -0.2) is 0 Å². The van der Waals surface area contributed by atoms with E-state index < -0.39 is 0 Å². The summed E-state index contributed by atoms with van der Waals surface area (Å²) < 4.78 is 5.38. The Morgan fingerprint density at radius 3 is 2.72 bits per heavy atom. The summed E-state index contributed by atoms with van der Waals surface area (Å²) in [4.78, 5) is 3.44. The molecule has 0 unspecified atom stereocenters. The molecule has 0 radical (unpaired) electrons. The first-order valence-corrected chi connectivity index (χ1v) is 9.62. The van der Waals surface area contributed by atoms with Crippen LogP contribution < -0.4 is 4.74 Å². The van der Waals surface area contributed by atoms with Crippen molar-refractivity contribution < 1.29 is 4.74 Å². The molecule has 0 saturated carbocycles. The molecule has 0 aliphatic carbocycles. The highest BCUT2D eigenvalue weighted by Crippen LogP contribution is 2.24. The van der Waals surface area contributed by atoms with Gasteiger partial charge in [0.15, 0.2) is 0 Å². The molecular weight excluding hydrogens is 350 g/mol. The van der Waals surface area contributed by atoms with Crippen molar-refractivity contribution in [2.24, 2.45) is 0 Å². The Morgan fingerprint density at radius 2 is 1.96 bits per heavy atom. The highest BCUT2D eigenvalue weighted by atomic mass is 35.5. The summed E-state index contributed by atoms with van der Waals surface area (Å²) in [5.74, 6) is 0.925. The van der Waals surface area contributed by atoms with Crippen LogP contribution >= 0.6 is 23.8 Å². The molecule has 0 atom stereocenters. The number of methoxy groups -OCH3 is 1. The number of benzene rings is 2. The number of halogens is 1. The van der Waals surface area contributed by atoms with Crippen molar-refractivity contribution >= 4 is 28.8 Å². The lowest BCUT2D eigenvalue weighted by Crippen LogP contribution is -2.29. The molecule has 1 aliphatic heterocycles. The van der Waals surface area contributed by atoms with Crippen molar-refractivity contribution in [1.82, 2.24) is 4.90 Å². The number of thiocarbonyl (C=S) groups is 1. The van der Waals surface area contributed by atoms with Crippen LogP contribution in [0, 0.1) is 0 Å². The van der Waals surface area contributed by atoms with Crippen LogP contribution in [-0.4, -0.2) is 23.5 Å². The highest BCUT2D eigenvalue weighted by Gasteiger charge is 2.17. The van der Waals surface area contributed by atoms with Crippen LogP contribution in [0.1, 0.15) is 36.0 Å². The van der Waals surface area contributed by atoms with Crippen LogP contribution in [0.25, 0.3) is 0 Å². The zero-order valence-corrected chi connectivity index (χ0v) is 16.2. The number of rotatable bonds is 5. The minimum Gasteiger partial charge on any atom is -0.497 e. The molecular formula is C21H24ClNOS. The lowest BCUT2D eigenvalue weighted by molar-refractivity contribution is 0.405. The molecule has 1 aliphatic rings. The van der Waals surface area contributed by atoms with Gasteiger partial charge in [0.2, 0.25) is 0 Å². The number of hydrogen-bond donors (Lipinski definition) is 0. The maximum absolute atomic E-state index is 5.94. The number of nitrogens with zero attached hydrogens (tertiary/aromatic N) is 1. The summed E-state index contributed by atoms with van der Waals surface area (Å²) in [6, 6.07) is 14.5. The first-order chi connectivity index (χ1) is 12.2. The van der Waals surface area contributed by atoms with E-state index in [2.05, 4.69) is 35.2 Å². The van der Waals surface area contributed by atoms with Gasteiger partial charge in [-0.05, 0) is 73.1 Å². The molecule has 0 amide bonds. The van der Waals surface area contributed by atoms with Crippen LogP contribution in [0.5, 0.6) is 5.75 Å². The third-order valence-electron chi connectivity index (χ3n) is 4.77. The van der Waals surface area contributed by atoms with E-state index >= 15 is 0 Å². The molecule has 2 aromatic carbocycles. The molecule has 2 aromatic rings. The molecule has 0 N–H and O–H groups in total. The zero-order valence-electron chi connectivity index (χ0n) is 14.6. The van der Waals surface area contributed by atoms with Gasteiger partial charge in [-0.2, -0.15) is 0 Å². The summed E-state index contributed by atoms with van der Waals surface area (Å²) in [6.07, 6.45) is 5.33. The monoisotopic (exact) mass is 373 g/mol. The van der Waals surface area contributed by atoms with Crippen molar-refractivity contribution in [3.8, 4) is 5.75 Å². The summed E-state index contributed by atoms with van der Waals surface area (Å²) in [6.45, 7) is 1.93. The van der Waals surface area contributed by atoms with Crippen molar-refractivity contribution in [2.45, 2.75) is 38.6 Å². The summed E-state index contributed by atoms with van der Waals surface area (Å²) in [5, 5.41) is 0.790. The normalized spacial score (nSPS) is 13.9. The van der Waals surface area contributed by atoms with Gasteiger partial charge in [-0.1, -0.05) is 42.0 Å². The van der Waals surface area contributed by atoms with E-state index in [4.69, 9.17) is 28.6 Å². The molecule has 0 aromatic heterocycles. The molecule has 25 heavy (non-hydrogen) atoms. The van der Waals surface area contributed by atoms with E-state index in [-0.39, 0.29) is 0 Å². The van der Waals surface area contributed by atoms with Crippen molar-refractivity contribution in [3.63, 3.8) is 0 Å². The summed E-state index contributed by atoms with van der Waals surface area (Å²) >= 11 is 11.7. The number of ether oxygens (including phenoxy) is 1. The Bertz CT molecular complexity index is 729. The standard InChI is InChI=1S/C21H24ClNOS/c1-24-20-12-9-17-5-3-13-23(15-18(17)14-20)21(25)6-2-4-16-7-10-19(22)11-8-16/h7-12,14H,2-6,13,15H2,1H3. The Morgan fingerprint density at radius 1 is 1.16 bits per heavy atom. The highest BCUT2D eigenvalue weighted by molar-refractivity contribution is 7.80. The van der Waals surface area contributed by atoms with Gasteiger partial charge in [-0.15, -0.1) is 0 Å². The molecule has 3 rings (SSSR count). The fourth-order valence-corrected chi connectivity index (χ4v) is 3.76. The van der Waals surface area contributed by atoms with E-state index in [1.54, 1.807) is 7.11 Å². The van der Waals surface area contributed by atoms with Gasteiger partial charge < -0.3 is 9.64 Å². The third-order valence-corrected chi connectivity index (χ3v) is 5.49. The molecule has 0 bridgehead atoms. The fraction of sp³-hybridized carbons (Fsp3) is 0.381. The Hall–Kier alpha value is -1.58. The largest absolute Gasteiger partial charge is 0.497 e. The first-order valence-electron chi connectivity index (χ1n) is 8.84. The van der Waals surface area contributed by atoms with Crippen LogP contribution in [0.2, 0.25) is 5.02 Å². The van der Waals surface area contributed by atoms with Crippen molar-refractivity contribution in [1.29, 1.82) is 0 Å². The second-order valence-corrected chi connectivity index (χ2v) is 7.44. The molecule has 2 nitrogen and oxygen atoms in total. The quantitative estimate of drug-likeness (QED) is 0.647. The minimum atomic E-state index is 0.790. The molecule has 1 heterocycles. The van der Waals surface area contributed by atoms with E-state index in [0.717, 1.165) is 61.0 Å². The molecule has 4 heteroatoms. The lowest BCUT2D eigenvalue weighted by Gasteiger charge is -2.24. The van der Waals surface area contributed by atoms with Crippen LogP contribution in [-0.2, 0) is 19.4 Å². The Balaban J connectivity index is 1.57. The summed E-state index contributed by atoms with van der Waals surface area (Å²) in [5.41, 5.74) is 4.09. The van der Waals surface area contributed by atoms with E-state index in [0.29, 0.717) is 0 Å². The average Bonchev–Trinajstić information content (AvgIpc) is 2.85. The van der Waals surface area contributed by atoms with Gasteiger partial charge in [0.1, 0.15) is 5.75 Å². The number of aryl methyl sites for hydroxylation is 2. The van der Waals surface area contributed by atoms with Crippen molar-refractivity contribution in [2.75, 3.05) is 13.7 Å². The van der Waals surface area contributed by atoms with Crippen molar-refractivity contribution in [3.05, 3.63) is 64.2 Å². The summed E-state index contributed by atoms with van der Waals surface area (Å²) in [7, 11) is 1.72. The lowest BCUT2D eigenvalue weighted by atomic mass is 10.0.